The molecule has 0 radical (unpaired) electrons. The standard InChI is InChI=1S/C14H16Cl2N2O/c15-12-7-6-11(13(16)8-12)9-17-18-14(19)10-4-2-1-3-5-10/h6-10H,1-5H2,(H,18,19)/b17-9-. The van der Waals surface area contributed by atoms with Crippen LogP contribution in [-0.2, 0) is 4.79 Å². The van der Waals surface area contributed by atoms with Gasteiger partial charge in [-0.2, -0.15) is 5.10 Å². The van der Waals surface area contributed by atoms with E-state index in [1.807, 2.05) is 0 Å². The molecule has 0 unspecified atom stereocenters. The van der Waals surface area contributed by atoms with E-state index < -0.39 is 0 Å². The van der Waals surface area contributed by atoms with Gasteiger partial charge in [-0.05, 0) is 25.0 Å². The Morgan fingerprint density at radius 2 is 2.00 bits per heavy atom. The molecule has 1 saturated carbocycles. The quantitative estimate of drug-likeness (QED) is 0.664. The molecule has 1 aromatic rings. The maximum atomic E-state index is 11.8. The first-order chi connectivity index (χ1) is 9.16. The third-order valence-electron chi connectivity index (χ3n) is 3.32. The number of hydrogen-bond acceptors (Lipinski definition) is 2. The molecule has 0 spiro atoms. The second kappa shape index (κ2) is 6.92. The van der Waals surface area contributed by atoms with Gasteiger partial charge in [-0.15, -0.1) is 0 Å². The van der Waals surface area contributed by atoms with Crippen molar-refractivity contribution in [2.45, 2.75) is 32.1 Å². The van der Waals surface area contributed by atoms with Gasteiger partial charge in [0.1, 0.15) is 0 Å². The minimum atomic E-state index is 0.000959. The summed E-state index contributed by atoms with van der Waals surface area (Å²) in [5, 5.41) is 5.05. The Bertz CT molecular complexity index is 482. The number of rotatable bonds is 3. The molecule has 2 rings (SSSR count). The van der Waals surface area contributed by atoms with Crippen molar-refractivity contribution in [3.63, 3.8) is 0 Å². The molecule has 1 aliphatic carbocycles. The van der Waals surface area contributed by atoms with Crippen molar-refractivity contribution >= 4 is 35.3 Å². The van der Waals surface area contributed by atoms with Gasteiger partial charge in [-0.1, -0.05) is 48.5 Å². The molecular formula is C14H16Cl2N2O. The molecule has 0 aromatic heterocycles. The largest absolute Gasteiger partial charge is 0.273 e. The molecule has 0 aliphatic heterocycles. The molecule has 5 heteroatoms. The van der Waals surface area contributed by atoms with E-state index in [4.69, 9.17) is 23.2 Å². The van der Waals surface area contributed by atoms with Crippen LogP contribution in [0.3, 0.4) is 0 Å². The molecule has 0 atom stereocenters. The number of carbonyl (C=O) groups is 1. The molecule has 0 saturated heterocycles. The molecule has 1 N–H and O–H groups in total. The Morgan fingerprint density at radius 3 is 2.68 bits per heavy atom. The fourth-order valence-corrected chi connectivity index (χ4v) is 2.68. The number of carbonyl (C=O) groups excluding carboxylic acids is 1. The monoisotopic (exact) mass is 298 g/mol. The zero-order valence-electron chi connectivity index (χ0n) is 10.5. The highest BCUT2D eigenvalue weighted by atomic mass is 35.5. The fourth-order valence-electron chi connectivity index (χ4n) is 2.23. The van der Waals surface area contributed by atoms with Gasteiger partial charge >= 0.3 is 0 Å². The minimum Gasteiger partial charge on any atom is -0.273 e. The summed E-state index contributed by atoms with van der Waals surface area (Å²) in [7, 11) is 0. The number of benzene rings is 1. The van der Waals surface area contributed by atoms with Crippen LogP contribution >= 0.6 is 23.2 Å². The van der Waals surface area contributed by atoms with Gasteiger partial charge in [0.25, 0.3) is 0 Å². The lowest BCUT2D eigenvalue weighted by atomic mass is 9.89. The number of amides is 1. The average Bonchev–Trinajstić information content (AvgIpc) is 2.42. The van der Waals surface area contributed by atoms with Crippen LogP contribution in [0, 0.1) is 5.92 Å². The first-order valence-corrected chi connectivity index (χ1v) is 7.20. The highest BCUT2D eigenvalue weighted by Crippen LogP contribution is 2.23. The molecule has 19 heavy (non-hydrogen) atoms. The third kappa shape index (κ3) is 4.22. The highest BCUT2D eigenvalue weighted by molar-refractivity contribution is 6.36. The second-order valence-corrected chi connectivity index (χ2v) is 5.58. The molecule has 1 aliphatic rings. The van der Waals surface area contributed by atoms with Crippen LogP contribution in [0.5, 0.6) is 0 Å². The van der Waals surface area contributed by atoms with Crippen molar-refractivity contribution in [1.82, 2.24) is 5.43 Å². The zero-order chi connectivity index (χ0) is 13.7. The SMILES string of the molecule is O=C(N/N=C\c1ccc(Cl)cc1Cl)C1CCCCC1. The summed E-state index contributed by atoms with van der Waals surface area (Å²) in [4.78, 5) is 11.8. The molecule has 102 valence electrons. The van der Waals surface area contributed by atoms with E-state index in [0.717, 1.165) is 31.2 Å². The lowest BCUT2D eigenvalue weighted by molar-refractivity contribution is -0.125. The second-order valence-electron chi connectivity index (χ2n) is 4.74. The molecule has 3 nitrogen and oxygen atoms in total. The lowest BCUT2D eigenvalue weighted by Crippen LogP contribution is -2.28. The lowest BCUT2D eigenvalue weighted by Gasteiger charge is -2.19. The number of hydrazone groups is 1. The first kappa shape index (κ1) is 14.4. The van der Waals surface area contributed by atoms with Gasteiger partial charge in [0.05, 0.1) is 11.2 Å². The summed E-state index contributed by atoms with van der Waals surface area (Å²) >= 11 is 11.8. The predicted molar refractivity (Wildman–Crippen MR) is 78.8 cm³/mol. The average molecular weight is 299 g/mol. The van der Waals surface area contributed by atoms with E-state index in [0.29, 0.717) is 10.0 Å². The molecule has 0 heterocycles. The summed E-state index contributed by atoms with van der Waals surface area (Å²) in [6.07, 6.45) is 6.95. The van der Waals surface area contributed by atoms with E-state index in [1.54, 1.807) is 24.4 Å². The normalized spacial score (nSPS) is 16.7. The number of halogens is 2. The summed E-state index contributed by atoms with van der Waals surface area (Å²) in [5.41, 5.74) is 3.31. The van der Waals surface area contributed by atoms with Gasteiger partial charge in [0, 0.05) is 16.5 Å². The molecular weight excluding hydrogens is 283 g/mol. The van der Waals surface area contributed by atoms with Crippen LogP contribution < -0.4 is 5.43 Å². The summed E-state index contributed by atoms with van der Waals surface area (Å²) < 4.78 is 0. The Morgan fingerprint density at radius 1 is 1.26 bits per heavy atom. The number of nitrogens with one attached hydrogen (secondary N) is 1. The summed E-state index contributed by atoms with van der Waals surface area (Å²) in [6, 6.07) is 5.14. The molecule has 1 aromatic carbocycles. The van der Waals surface area contributed by atoms with E-state index in [-0.39, 0.29) is 11.8 Å². The van der Waals surface area contributed by atoms with E-state index in [2.05, 4.69) is 10.5 Å². The summed E-state index contributed by atoms with van der Waals surface area (Å²) in [6.45, 7) is 0. The van der Waals surface area contributed by atoms with Gasteiger partial charge in [0.2, 0.25) is 5.91 Å². The van der Waals surface area contributed by atoms with Gasteiger partial charge in [-0.3, -0.25) is 4.79 Å². The predicted octanol–water partition coefficient (Wildman–Crippen LogP) is 4.02. The van der Waals surface area contributed by atoms with Crippen LogP contribution in [-0.4, -0.2) is 12.1 Å². The Hall–Kier alpha value is -1.06. The molecule has 1 amide bonds. The van der Waals surface area contributed by atoms with Crippen LogP contribution in [0.1, 0.15) is 37.7 Å². The smallest absolute Gasteiger partial charge is 0.243 e. The number of hydrogen-bond donors (Lipinski definition) is 1. The Balaban J connectivity index is 1.90. The van der Waals surface area contributed by atoms with Crippen molar-refractivity contribution in [1.29, 1.82) is 0 Å². The van der Waals surface area contributed by atoms with Crippen molar-refractivity contribution < 1.29 is 4.79 Å². The molecule has 1 fully saturated rings. The highest BCUT2D eigenvalue weighted by Gasteiger charge is 2.20. The van der Waals surface area contributed by atoms with Crippen molar-refractivity contribution in [2.24, 2.45) is 11.0 Å². The van der Waals surface area contributed by atoms with E-state index in [9.17, 15) is 4.79 Å². The van der Waals surface area contributed by atoms with Crippen LogP contribution in [0.2, 0.25) is 10.0 Å². The maximum absolute atomic E-state index is 11.8. The zero-order valence-corrected chi connectivity index (χ0v) is 12.0. The van der Waals surface area contributed by atoms with Crippen LogP contribution in [0.4, 0.5) is 0 Å². The van der Waals surface area contributed by atoms with Crippen molar-refractivity contribution in [3.05, 3.63) is 33.8 Å². The van der Waals surface area contributed by atoms with Crippen LogP contribution in [0.15, 0.2) is 23.3 Å². The number of nitrogens with zero attached hydrogens (tertiary/aromatic N) is 1. The maximum Gasteiger partial charge on any atom is 0.243 e. The topological polar surface area (TPSA) is 41.5 Å². The first-order valence-electron chi connectivity index (χ1n) is 6.45. The van der Waals surface area contributed by atoms with Crippen LogP contribution in [0.25, 0.3) is 0 Å². The Labute approximate surface area is 123 Å². The van der Waals surface area contributed by atoms with Gasteiger partial charge < -0.3 is 0 Å². The molecule has 0 bridgehead atoms. The van der Waals surface area contributed by atoms with Gasteiger partial charge in [0.15, 0.2) is 0 Å². The fraction of sp³-hybridized carbons (Fsp3) is 0.429. The van der Waals surface area contributed by atoms with E-state index >= 15 is 0 Å². The van der Waals surface area contributed by atoms with E-state index in [1.165, 1.54) is 6.42 Å². The van der Waals surface area contributed by atoms with Gasteiger partial charge in [-0.25, -0.2) is 5.43 Å². The van der Waals surface area contributed by atoms with Crippen molar-refractivity contribution in [3.8, 4) is 0 Å². The minimum absolute atomic E-state index is 0.000959. The van der Waals surface area contributed by atoms with Crippen molar-refractivity contribution in [2.75, 3.05) is 0 Å². The third-order valence-corrected chi connectivity index (χ3v) is 3.88. The summed E-state index contributed by atoms with van der Waals surface area (Å²) in [5.74, 6) is 0.104. The Kier molecular flexibility index (Phi) is 5.23.